The maximum Gasteiger partial charge on any atom is 0.326 e. The van der Waals surface area contributed by atoms with E-state index >= 15 is 0 Å². The van der Waals surface area contributed by atoms with Gasteiger partial charge < -0.3 is 46.4 Å². The zero-order valence-electron chi connectivity index (χ0n) is 22.6. The molecule has 0 aliphatic carbocycles. The molecule has 18 nitrogen and oxygen atoms in total. The maximum absolute atomic E-state index is 12.5. The quantitative estimate of drug-likeness (QED) is 0.0222. The Hall–Kier alpha value is -4.16. The Morgan fingerprint density at radius 2 is 1.34 bits per heavy atom. The monoisotopic (exact) mass is 589 g/mol. The highest BCUT2D eigenvalue weighted by atomic mass is 16.4. The van der Waals surface area contributed by atoms with Crippen LogP contribution in [0.25, 0.3) is 0 Å². The molecule has 41 heavy (non-hydrogen) atoms. The number of carboxylic acids is 4. The molecule has 0 bridgehead atoms. The van der Waals surface area contributed by atoms with Gasteiger partial charge in [0.15, 0.2) is 5.96 Å². The molecule has 0 aromatic rings. The number of nitrogens with zero attached hydrogens (tertiary/aromatic N) is 3. The number of hydrogen-bond donors (Lipinski definition) is 8. The van der Waals surface area contributed by atoms with Crippen molar-refractivity contribution < 1.29 is 54.0 Å². The van der Waals surface area contributed by atoms with Gasteiger partial charge in [-0.2, -0.15) is 0 Å². The molecular formula is C23H39N7O11. The van der Waals surface area contributed by atoms with Crippen LogP contribution in [0.2, 0.25) is 0 Å². The second-order valence-electron chi connectivity index (χ2n) is 8.96. The fourth-order valence-electron chi connectivity index (χ4n) is 3.81. The number of nitrogens with two attached hydrogens (primary N) is 1. The summed E-state index contributed by atoms with van der Waals surface area (Å²) in [7, 11) is 0. The van der Waals surface area contributed by atoms with Crippen molar-refractivity contribution in [3.8, 4) is 0 Å². The van der Waals surface area contributed by atoms with Gasteiger partial charge in [-0.1, -0.05) is 0 Å². The number of carboxylic acid groups (broad SMARTS) is 4. The molecule has 0 spiro atoms. The van der Waals surface area contributed by atoms with Crippen LogP contribution in [0.4, 0.5) is 0 Å². The first kappa shape index (κ1) is 36.8. The molecule has 2 atom stereocenters. The molecule has 0 saturated carbocycles. The molecular weight excluding hydrogens is 550 g/mol. The van der Waals surface area contributed by atoms with E-state index in [9.17, 15) is 43.8 Å². The summed E-state index contributed by atoms with van der Waals surface area (Å²) in [6.45, 7) is -1.54. The number of guanidine groups is 1. The Balaban J connectivity index is 5.57. The smallest absolute Gasteiger partial charge is 0.326 e. The summed E-state index contributed by atoms with van der Waals surface area (Å²) in [5.74, 6) is -6.26. The minimum absolute atomic E-state index is 0.0160. The second kappa shape index (κ2) is 20.7. The maximum atomic E-state index is 12.5. The van der Waals surface area contributed by atoms with Crippen LogP contribution in [0.3, 0.4) is 0 Å². The molecule has 0 rings (SSSR count). The SMILES string of the molecule is N=C(N)NCCC[C@H](NC(=O)CCC(C(=O)O)N(CCN(CC=O)CC=O)CCN(CC(=O)O)CC(=O)O)C(=O)O. The van der Waals surface area contributed by atoms with E-state index in [0.29, 0.717) is 12.6 Å². The number of aliphatic carboxylic acids is 4. The van der Waals surface area contributed by atoms with E-state index in [1.807, 2.05) is 0 Å². The van der Waals surface area contributed by atoms with Crippen LogP contribution in [0.1, 0.15) is 25.7 Å². The molecule has 1 amide bonds. The highest BCUT2D eigenvalue weighted by Gasteiger charge is 2.28. The number of carbonyl (C=O) groups excluding carboxylic acids is 3. The summed E-state index contributed by atoms with van der Waals surface area (Å²) in [6, 6.07) is -2.59. The van der Waals surface area contributed by atoms with Gasteiger partial charge in [-0.05, 0) is 19.3 Å². The predicted octanol–water partition coefficient (Wildman–Crippen LogP) is -3.47. The minimum atomic E-state index is -1.34. The molecule has 0 saturated heterocycles. The van der Waals surface area contributed by atoms with Gasteiger partial charge in [0.25, 0.3) is 0 Å². The normalized spacial score (nSPS) is 12.5. The van der Waals surface area contributed by atoms with Crippen molar-refractivity contribution in [2.24, 2.45) is 5.73 Å². The van der Waals surface area contributed by atoms with Crippen LogP contribution in [0.5, 0.6) is 0 Å². The molecule has 1 unspecified atom stereocenters. The van der Waals surface area contributed by atoms with Crippen molar-refractivity contribution in [3.05, 3.63) is 0 Å². The van der Waals surface area contributed by atoms with Crippen molar-refractivity contribution in [1.82, 2.24) is 25.3 Å². The predicted molar refractivity (Wildman–Crippen MR) is 141 cm³/mol. The average molecular weight is 590 g/mol. The van der Waals surface area contributed by atoms with Crippen LogP contribution in [-0.2, 0) is 33.6 Å². The third-order valence-corrected chi connectivity index (χ3v) is 5.78. The van der Waals surface area contributed by atoms with Gasteiger partial charge in [0.1, 0.15) is 24.7 Å². The van der Waals surface area contributed by atoms with E-state index in [0.717, 1.165) is 4.90 Å². The van der Waals surface area contributed by atoms with Gasteiger partial charge in [0, 0.05) is 39.1 Å². The fraction of sp³-hybridized carbons (Fsp3) is 0.652. The van der Waals surface area contributed by atoms with E-state index in [1.54, 1.807) is 0 Å². The lowest BCUT2D eigenvalue weighted by Crippen LogP contribution is -2.50. The van der Waals surface area contributed by atoms with Crippen LogP contribution in [0.15, 0.2) is 0 Å². The molecule has 0 radical (unpaired) electrons. The third-order valence-electron chi connectivity index (χ3n) is 5.78. The fourth-order valence-corrected chi connectivity index (χ4v) is 3.81. The van der Waals surface area contributed by atoms with Crippen molar-refractivity contribution in [1.29, 1.82) is 5.41 Å². The van der Waals surface area contributed by atoms with Crippen molar-refractivity contribution >= 4 is 48.3 Å². The first-order chi connectivity index (χ1) is 19.3. The van der Waals surface area contributed by atoms with Crippen molar-refractivity contribution in [3.63, 3.8) is 0 Å². The molecule has 0 aromatic carbocycles. The van der Waals surface area contributed by atoms with Gasteiger partial charge >= 0.3 is 23.9 Å². The minimum Gasteiger partial charge on any atom is -0.480 e. The van der Waals surface area contributed by atoms with Gasteiger partial charge in [-0.15, -0.1) is 0 Å². The van der Waals surface area contributed by atoms with E-state index in [-0.39, 0.29) is 77.5 Å². The second-order valence-corrected chi connectivity index (χ2v) is 8.96. The van der Waals surface area contributed by atoms with E-state index < -0.39 is 55.0 Å². The number of rotatable bonds is 25. The van der Waals surface area contributed by atoms with Gasteiger partial charge in [0.05, 0.1) is 26.2 Å². The summed E-state index contributed by atoms with van der Waals surface area (Å²) in [6.07, 6.45) is 0.736. The van der Waals surface area contributed by atoms with Crippen molar-refractivity contribution in [2.45, 2.75) is 37.8 Å². The highest BCUT2D eigenvalue weighted by molar-refractivity contribution is 5.84. The molecule has 0 aliphatic rings. The summed E-state index contributed by atoms with van der Waals surface area (Å²) < 4.78 is 0. The molecule has 9 N–H and O–H groups in total. The zero-order chi connectivity index (χ0) is 31.4. The lowest BCUT2D eigenvalue weighted by atomic mass is 10.1. The molecule has 232 valence electrons. The Kier molecular flexibility index (Phi) is 18.6. The van der Waals surface area contributed by atoms with Gasteiger partial charge in [0.2, 0.25) is 5.91 Å². The summed E-state index contributed by atoms with van der Waals surface area (Å²) in [5, 5.41) is 49.4. The Bertz CT molecular complexity index is 892. The zero-order valence-corrected chi connectivity index (χ0v) is 22.6. The molecule has 0 fully saturated rings. The van der Waals surface area contributed by atoms with E-state index in [4.69, 9.17) is 21.4 Å². The Morgan fingerprint density at radius 3 is 1.78 bits per heavy atom. The number of aldehydes is 2. The van der Waals surface area contributed by atoms with Crippen LogP contribution in [-0.4, -0.2) is 154 Å². The number of hydrogen-bond acceptors (Lipinski definition) is 11. The first-order valence-electron chi connectivity index (χ1n) is 12.6. The number of nitrogens with one attached hydrogen (secondary N) is 3. The summed E-state index contributed by atoms with van der Waals surface area (Å²) in [5.41, 5.74) is 5.16. The lowest BCUT2D eigenvalue weighted by Gasteiger charge is -2.32. The summed E-state index contributed by atoms with van der Waals surface area (Å²) in [4.78, 5) is 84.3. The van der Waals surface area contributed by atoms with Gasteiger partial charge in [-0.3, -0.25) is 39.3 Å². The molecule has 0 aliphatic heterocycles. The van der Waals surface area contributed by atoms with Crippen LogP contribution >= 0.6 is 0 Å². The number of amides is 1. The third kappa shape index (κ3) is 17.9. The Morgan fingerprint density at radius 1 is 0.805 bits per heavy atom. The first-order valence-corrected chi connectivity index (χ1v) is 12.6. The van der Waals surface area contributed by atoms with Gasteiger partial charge in [-0.25, -0.2) is 4.79 Å². The van der Waals surface area contributed by atoms with E-state index in [2.05, 4.69) is 10.6 Å². The van der Waals surface area contributed by atoms with E-state index in [1.165, 1.54) is 9.80 Å². The van der Waals surface area contributed by atoms with Crippen LogP contribution < -0.4 is 16.4 Å². The largest absolute Gasteiger partial charge is 0.480 e. The topological polar surface area (TPSA) is 284 Å². The Labute approximate surface area is 235 Å². The summed E-state index contributed by atoms with van der Waals surface area (Å²) >= 11 is 0. The number of carbonyl (C=O) groups is 7. The average Bonchev–Trinajstić information content (AvgIpc) is 2.85. The highest BCUT2D eigenvalue weighted by Crippen LogP contribution is 2.10. The molecule has 18 heteroatoms. The lowest BCUT2D eigenvalue weighted by molar-refractivity contribution is -0.146. The molecule has 0 heterocycles. The standard InChI is InChI=1S/C23H39N7O11/c24-23(25)26-5-1-2-16(21(38)39)27-18(33)4-3-17(22(40)41)30(8-6-28(10-12-31)11-13-32)9-7-29(14-19(34)35)15-20(36)37/h12-13,16-17H,1-11,14-15H2,(H,27,33)(H,34,35)(H,36,37)(H,38,39)(H,40,41)(H4,24,25,26)/t16-,17?/m0/s1. The van der Waals surface area contributed by atoms with Crippen LogP contribution in [0, 0.1) is 5.41 Å². The molecule has 0 aromatic heterocycles. The van der Waals surface area contributed by atoms with Crippen molar-refractivity contribution in [2.75, 3.05) is 58.9 Å².